The molecule has 1 fully saturated rings. The van der Waals surface area contributed by atoms with Crippen LogP contribution in [0, 0.1) is 10.1 Å². The standard InChI is InChI=1S/C13H14N4O2/c18-17(19)10-5-6-12-11(7-10)13(15-8-14-12)16-9-3-1-2-4-9/h5-9H,1-4H2,(H,14,15,16). The summed E-state index contributed by atoms with van der Waals surface area (Å²) >= 11 is 0. The maximum absolute atomic E-state index is 10.8. The number of benzene rings is 1. The number of anilines is 1. The Morgan fingerprint density at radius 1 is 1.26 bits per heavy atom. The van der Waals surface area contributed by atoms with Gasteiger partial charge in [-0.05, 0) is 18.9 Å². The molecule has 6 nitrogen and oxygen atoms in total. The predicted molar refractivity (Wildman–Crippen MR) is 72.1 cm³/mol. The molecule has 0 aliphatic heterocycles. The molecule has 3 rings (SSSR count). The van der Waals surface area contributed by atoms with Crippen molar-refractivity contribution < 1.29 is 4.92 Å². The number of nitrogens with one attached hydrogen (secondary N) is 1. The summed E-state index contributed by atoms with van der Waals surface area (Å²) in [7, 11) is 0. The predicted octanol–water partition coefficient (Wildman–Crippen LogP) is 2.89. The lowest BCUT2D eigenvalue weighted by Gasteiger charge is -2.13. The topological polar surface area (TPSA) is 81.0 Å². The van der Waals surface area contributed by atoms with Crippen molar-refractivity contribution in [2.24, 2.45) is 0 Å². The van der Waals surface area contributed by atoms with Crippen molar-refractivity contribution >= 4 is 22.4 Å². The molecule has 1 N–H and O–H groups in total. The van der Waals surface area contributed by atoms with Gasteiger partial charge in [0.25, 0.3) is 5.69 Å². The van der Waals surface area contributed by atoms with Crippen molar-refractivity contribution in [2.45, 2.75) is 31.7 Å². The zero-order chi connectivity index (χ0) is 13.2. The number of rotatable bonds is 3. The Hall–Kier alpha value is -2.24. The first kappa shape index (κ1) is 11.8. The Morgan fingerprint density at radius 3 is 2.79 bits per heavy atom. The molecule has 0 atom stereocenters. The quantitative estimate of drug-likeness (QED) is 0.676. The van der Waals surface area contributed by atoms with Crippen LogP contribution in [0.5, 0.6) is 0 Å². The highest BCUT2D eigenvalue weighted by Crippen LogP contribution is 2.27. The van der Waals surface area contributed by atoms with E-state index >= 15 is 0 Å². The van der Waals surface area contributed by atoms with Crippen LogP contribution in [0.25, 0.3) is 10.9 Å². The van der Waals surface area contributed by atoms with E-state index in [0.717, 1.165) is 18.4 Å². The number of hydrogen-bond acceptors (Lipinski definition) is 5. The zero-order valence-electron chi connectivity index (χ0n) is 10.4. The second kappa shape index (κ2) is 4.79. The van der Waals surface area contributed by atoms with E-state index in [9.17, 15) is 10.1 Å². The largest absolute Gasteiger partial charge is 0.367 e. The summed E-state index contributed by atoms with van der Waals surface area (Å²) in [6.45, 7) is 0. The minimum Gasteiger partial charge on any atom is -0.367 e. The van der Waals surface area contributed by atoms with E-state index in [1.54, 1.807) is 6.07 Å². The molecule has 0 spiro atoms. The lowest BCUT2D eigenvalue weighted by molar-refractivity contribution is -0.384. The molecule has 0 bridgehead atoms. The Bertz CT molecular complexity index is 623. The maximum Gasteiger partial charge on any atom is 0.270 e. The molecule has 0 radical (unpaired) electrons. The molecular weight excluding hydrogens is 244 g/mol. The van der Waals surface area contributed by atoms with Gasteiger partial charge < -0.3 is 5.32 Å². The lowest BCUT2D eigenvalue weighted by Crippen LogP contribution is -2.15. The number of nitrogens with zero attached hydrogens (tertiary/aromatic N) is 3. The summed E-state index contributed by atoms with van der Waals surface area (Å²) in [5, 5.41) is 14.9. The van der Waals surface area contributed by atoms with Crippen molar-refractivity contribution in [3.8, 4) is 0 Å². The van der Waals surface area contributed by atoms with Crippen LogP contribution >= 0.6 is 0 Å². The molecule has 0 amide bonds. The first-order chi connectivity index (χ1) is 9.24. The molecule has 1 aromatic carbocycles. The van der Waals surface area contributed by atoms with Crippen LogP contribution in [0.3, 0.4) is 0 Å². The van der Waals surface area contributed by atoms with E-state index in [-0.39, 0.29) is 5.69 Å². The van der Waals surface area contributed by atoms with E-state index in [0.29, 0.717) is 17.2 Å². The Kier molecular flexibility index (Phi) is 2.98. The van der Waals surface area contributed by atoms with Gasteiger partial charge in [0.2, 0.25) is 0 Å². The van der Waals surface area contributed by atoms with E-state index < -0.39 is 4.92 Å². The molecule has 0 unspecified atom stereocenters. The second-order valence-electron chi connectivity index (χ2n) is 4.81. The fraction of sp³-hybridized carbons (Fsp3) is 0.385. The van der Waals surface area contributed by atoms with E-state index in [2.05, 4.69) is 15.3 Å². The maximum atomic E-state index is 10.8. The molecule has 1 saturated carbocycles. The van der Waals surface area contributed by atoms with Gasteiger partial charge in [0, 0.05) is 23.6 Å². The van der Waals surface area contributed by atoms with Crippen LogP contribution in [0.1, 0.15) is 25.7 Å². The van der Waals surface area contributed by atoms with Crippen molar-refractivity contribution in [3.05, 3.63) is 34.6 Å². The molecule has 1 aliphatic rings. The summed E-state index contributed by atoms with van der Waals surface area (Å²) in [5.41, 5.74) is 0.790. The van der Waals surface area contributed by atoms with Crippen molar-refractivity contribution in [1.29, 1.82) is 0 Å². The smallest absolute Gasteiger partial charge is 0.270 e. The third kappa shape index (κ3) is 2.33. The number of nitro benzene ring substituents is 1. The third-order valence-corrected chi connectivity index (χ3v) is 3.53. The van der Waals surface area contributed by atoms with Crippen LogP contribution in [0.15, 0.2) is 24.5 Å². The minimum absolute atomic E-state index is 0.0665. The molecule has 98 valence electrons. The normalized spacial score (nSPS) is 15.8. The van der Waals surface area contributed by atoms with Crippen LogP contribution in [-0.4, -0.2) is 20.9 Å². The molecule has 6 heteroatoms. The first-order valence-corrected chi connectivity index (χ1v) is 6.40. The van der Waals surface area contributed by atoms with Gasteiger partial charge in [-0.2, -0.15) is 0 Å². The lowest BCUT2D eigenvalue weighted by atomic mass is 10.2. The van der Waals surface area contributed by atoms with Crippen LogP contribution in [-0.2, 0) is 0 Å². The number of nitro groups is 1. The SMILES string of the molecule is O=[N+]([O-])c1ccc2ncnc(NC3CCCC3)c2c1. The average molecular weight is 258 g/mol. The van der Waals surface area contributed by atoms with E-state index in [4.69, 9.17) is 0 Å². The number of fused-ring (bicyclic) bond motifs is 1. The van der Waals surface area contributed by atoms with Gasteiger partial charge in [0.15, 0.2) is 0 Å². The van der Waals surface area contributed by atoms with Gasteiger partial charge in [-0.25, -0.2) is 9.97 Å². The fourth-order valence-corrected chi connectivity index (χ4v) is 2.54. The molecule has 19 heavy (non-hydrogen) atoms. The summed E-state index contributed by atoms with van der Waals surface area (Å²) in [6, 6.07) is 5.08. The number of non-ortho nitro benzene ring substituents is 1. The first-order valence-electron chi connectivity index (χ1n) is 6.40. The number of hydrogen-bond donors (Lipinski definition) is 1. The molecule has 1 heterocycles. The van der Waals surface area contributed by atoms with Gasteiger partial charge in [0.05, 0.1) is 10.4 Å². The fourth-order valence-electron chi connectivity index (χ4n) is 2.54. The van der Waals surface area contributed by atoms with E-state index in [1.807, 2.05) is 0 Å². The third-order valence-electron chi connectivity index (χ3n) is 3.53. The minimum atomic E-state index is -0.397. The highest BCUT2D eigenvalue weighted by atomic mass is 16.6. The van der Waals surface area contributed by atoms with Gasteiger partial charge in [-0.15, -0.1) is 0 Å². The molecule has 2 aromatic rings. The Balaban J connectivity index is 2.01. The average Bonchev–Trinajstić information content (AvgIpc) is 2.91. The molecular formula is C13H14N4O2. The van der Waals surface area contributed by atoms with Gasteiger partial charge in [0.1, 0.15) is 12.1 Å². The molecule has 0 saturated heterocycles. The van der Waals surface area contributed by atoms with Gasteiger partial charge in [-0.3, -0.25) is 10.1 Å². The van der Waals surface area contributed by atoms with Crippen LogP contribution in [0.4, 0.5) is 11.5 Å². The summed E-state index contributed by atoms with van der Waals surface area (Å²) in [4.78, 5) is 18.8. The van der Waals surface area contributed by atoms with Gasteiger partial charge >= 0.3 is 0 Å². The molecule has 1 aliphatic carbocycles. The van der Waals surface area contributed by atoms with Crippen molar-refractivity contribution in [2.75, 3.05) is 5.32 Å². The number of aromatic nitrogens is 2. The van der Waals surface area contributed by atoms with Gasteiger partial charge in [-0.1, -0.05) is 12.8 Å². The highest BCUT2D eigenvalue weighted by molar-refractivity contribution is 5.90. The zero-order valence-corrected chi connectivity index (χ0v) is 10.4. The Morgan fingerprint density at radius 2 is 2.05 bits per heavy atom. The Labute approximate surface area is 110 Å². The van der Waals surface area contributed by atoms with Crippen LogP contribution < -0.4 is 5.32 Å². The summed E-state index contributed by atoms with van der Waals surface area (Å²) < 4.78 is 0. The molecule has 1 aromatic heterocycles. The van der Waals surface area contributed by atoms with E-state index in [1.165, 1.54) is 31.3 Å². The second-order valence-corrected chi connectivity index (χ2v) is 4.81. The van der Waals surface area contributed by atoms with Crippen molar-refractivity contribution in [1.82, 2.24) is 9.97 Å². The highest BCUT2D eigenvalue weighted by Gasteiger charge is 2.17. The summed E-state index contributed by atoms with van der Waals surface area (Å²) in [5.74, 6) is 0.695. The monoisotopic (exact) mass is 258 g/mol. The van der Waals surface area contributed by atoms with Crippen LogP contribution in [0.2, 0.25) is 0 Å². The summed E-state index contributed by atoms with van der Waals surface area (Å²) in [6.07, 6.45) is 6.19. The van der Waals surface area contributed by atoms with Crippen molar-refractivity contribution in [3.63, 3.8) is 0 Å².